The number of hydrogen-bond donors (Lipinski definition) is 0. The molecule has 0 rings (SSSR count). The molecule has 0 aromatic carbocycles. The summed E-state index contributed by atoms with van der Waals surface area (Å²) in [5.41, 5.74) is 0. The molecule has 6 nitrogen and oxygen atoms in total. The number of ether oxygens (including phenoxy) is 3. The lowest BCUT2D eigenvalue weighted by atomic mass is 10.0. The first kappa shape index (κ1) is 59.4. The van der Waals surface area contributed by atoms with E-state index in [1.807, 2.05) is 0 Å². The van der Waals surface area contributed by atoms with Gasteiger partial charge >= 0.3 is 17.9 Å². The van der Waals surface area contributed by atoms with Crippen LogP contribution in [0.1, 0.15) is 271 Å². The molecule has 0 fully saturated rings. The molecule has 0 radical (unpaired) electrons. The SMILES string of the molecule is CCCC/C=C\C/C=C\CCCCCCCC(=O)OC(COC(=O)CCCCCCCCC/C=C\C/C=C\CCCCCC)COC(=O)CCCCCCCCCCCCCC. The van der Waals surface area contributed by atoms with E-state index in [0.717, 1.165) is 96.3 Å². The predicted molar refractivity (Wildman–Crippen MR) is 265 cm³/mol. The number of hydrogen-bond acceptors (Lipinski definition) is 6. The van der Waals surface area contributed by atoms with Crippen molar-refractivity contribution in [1.82, 2.24) is 0 Å². The van der Waals surface area contributed by atoms with Crippen molar-refractivity contribution in [1.29, 1.82) is 0 Å². The first-order valence-electron chi connectivity index (χ1n) is 26.6. The van der Waals surface area contributed by atoms with Gasteiger partial charge in [-0.05, 0) is 77.0 Å². The molecule has 1 unspecified atom stereocenters. The number of rotatable bonds is 48. The van der Waals surface area contributed by atoms with Crippen molar-refractivity contribution in [3.63, 3.8) is 0 Å². The van der Waals surface area contributed by atoms with Crippen LogP contribution < -0.4 is 0 Å². The normalized spacial score (nSPS) is 12.4. The van der Waals surface area contributed by atoms with E-state index in [9.17, 15) is 14.4 Å². The van der Waals surface area contributed by atoms with Crippen LogP contribution in [0.25, 0.3) is 0 Å². The third-order valence-electron chi connectivity index (χ3n) is 11.6. The molecule has 0 bridgehead atoms. The van der Waals surface area contributed by atoms with Crippen LogP contribution in [0.3, 0.4) is 0 Å². The van der Waals surface area contributed by atoms with Gasteiger partial charge in [-0.2, -0.15) is 0 Å². The summed E-state index contributed by atoms with van der Waals surface area (Å²) in [6, 6.07) is 0. The second-order valence-electron chi connectivity index (χ2n) is 17.8. The summed E-state index contributed by atoms with van der Waals surface area (Å²) in [4.78, 5) is 38.0. The Morgan fingerprint density at radius 2 is 0.597 bits per heavy atom. The lowest BCUT2D eigenvalue weighted by molar-refractivity contribution is -0.167. The lowest BCUT2D eigenvalue weighted by Crippen LogP contribution is -2.30. The first-order valence-corrected chi connectivity index (χ1v) is 26.6. The summed E-state index contributed by atoms with van der Waals surface area (Å²) >= 11 is 0. The molecule has 0 aromatic rings. The van der Waals surface area contributed by atoms with E-state index in [0.29, 0.717) is 19.3 Å². The zero-order chi connectivity index (χ0) is 45.1. The van der Waals surface area contributed by atoms with Crippen LogP contribution in [0.2, 0.25) is 0 Å². The fourth-order valence-electron chi connectivity index (χ4n) is 7.49. The van der Waals surface area contributed by atoms with E-state index in [1.165, 1.54) is 135 Å². The van der Waals surface area contributed by atoms with Gasteiger partial charge in [0.15, 0.2) is 6.10 Å². The molecule has 6 heteroatoms. The van der Waals surface area contributed by atoms with Crippen LogP contribution in [-0.2, 0) is 28.6 Å². The predicted octanol–water partition coefficient (Wildman–Crippen LogP) is 17.5. The Hall–Kier alpha value is -2.63. The van der Waals surface area contributed by atoms with Crippen molar-refractivity contribution >= 4 is 17.9 Å². The molecular weight excluding hydrogens is 769 g/mol. The van der Waals surface area contributed by atoms with Gasteiger partial charge in [0, 0.05) is 19.3 Å². The van der Waals surface area contributed by atoms with Crippen molar-refractivity contribution < 1.29 is 28.6 Å². The number of carbonyl (C=O) groups is 3. The minimum Gasteiger partial charge on any atom is -0.462 e. The second kappa shape index (κ2) is 51.0. The van der Waals surface area contributed by atoms with Crippen LogP contribution in [0.15, 0.2) is 48.6 Å². The van der Waals surface area contributed by atoms with Crippen LogP contribution >= 0.6 is 0 Å². The molecule has 0 amide bonds. The molecule has 62 heavy (non-hydrogen) atoms. The minimum absolute atomic E-state index is 0.0792. The summed E-state index contributed by atoms with van der Waals surface area (Å²) in [5.74, 6) is -0.893. The first-order chi connectivity index (χ1) is 30.5. The molecule has 0 aliphatic heterocycles. The fraction of sp³-hybridized carbons (Fsp3) is 0.804. The van der Waals surface area contributed by atoms with Crippen molar-refractivity contribution in [2.75, 3.05) is 13.2 Å². The van der Waals surface area contributed by atoms with Crippen molar-refractivity contribution in [3.8, 4) is 0 Å². The summed E-state index contributed by atoms with van der Waals surface area (Å²) in [7, 11) is 0. The molecule has 0 spiro atoms. The smallest absolute Gasteiger partial charge is 0.306 e. The van der Waals surface area contributed by atoms with Crippen molar-refractivity contribution in [2.24, 2.45) is 0 Å². The van der Waals surface area contributed by atoms with Crippen LogP contribution in [0, 0.1) is 0 Å². The highest BCUT2D eigenvalue weighted by Gasteiger charge is 2.19. The van der Waals surface area contributed by atoms with Gasteiger partial charge in [0.25, 0.3) is 0 Å². The minimum atomic E-state index is -0.780. The van der Waals surface area contributed by atoms with Gasteiger partial charge in [-0.15, -0.1) is 0 Å². The van der Waals surface area contributed by atoms with Gasteiger partial charge in [0.2, 0.25) is 0 Å². The quantitative estimate of drug-likeness (QED) is 0.0262. The maximum absolute atomic E-state index is 12.8. The van der Waals surface area contributed by atoms with Gasteiger partial charge in [-0.1, -0.05) is 223 Å². The second-order valence-corrected chi connectivity index (χ2v) is 17.8. The Morgan fingerprint density at radius 1 is 0.323 bits per heavy atom. The topological polar surface area (TPSA) is 78.9 Å². The Labute approximate surface area is 384 Å². The molecule has 0 aromatic heterocycles. The van der Waals surface area contributed by atoms with E-state index in [2.05, 4.69) is 69.4 Å². The highest BCUT2D eigenvalue weighted by molar-refractivity contribution is 5.71. The highest BCUT2D eigenvalue weighted by Crippen LogP contribution is 2.15. The third-order valence-corrected chi connectivity index (χ3v) is 11.6. The van der Waals surface area contributed by atoms with Gasteiger partial charge in [-0.3, -0.25) is 14.4 Å². The average molecular weight is 869 g/mol. The maximum atomic E-state index is 12.8. The van der Waals surface area contributed by atoms with Gasteiger partial charge in [0.1, 0.15) is 13.2 Å². The molecule has 0 saturated heterocycles. The Balaban J connectivity index is 4.37. The molecule has 0 aliphatic carbocycles. The fourth-order valence-corrected chi connectivity index (χ4v) is 7.49. The molecule has 0 saturated carbocycles. The summed E-state index contributed by atoms with van der Waals surface area (Å²) in [6.07, 6.45) is 60.9. The molecule has 0 heterocycles. The Morgan fingerprint density at radius 3 is 0.952 bits per heavy atom. The highest BCUT2D eigenvalue weighted by atomic mass is 16.6. The molecule has 0 aliphatic rings. The zero-order valence-electron chi connectivity index (χ0n) is 41.1. The van der Waals surface area contributed by atoms with Crippen LogP contribution in [-0.4, -0.2) is 37.2 Å². The lowest BCUT2D eigenvalue weighted by Gasteiger charge is -2.18. The van der Waals surface area contributed by atoms with Crippen LogP contribution in [0.5, 0.6) is 0 Å². The summed E-state index contributed by atoms with van der Waals surface area (Å²) < 4.78 is 16.8. The average Bonchev–Trinajstić information content (AvgIpc) is 3.27. The molecule has 360 valence electrons. The summed E-state index contributed by atoms with van der Waals surface area (Å²) in [5, 5.41) is 0. The molecular formula is C56H100O6. The number of unbranched alkanes of at least 4 members (excludes halogenated alkanes) is 29. The van der Waals surface area contributed by atoms with E-state index >= 15 is 0 Å². The van der Waals surface area contributed by atoms with E-state index < -0.39 is 6.10 Å². The number of carbonyl (C=O) groups excluding carboxylic acids is 3. The maximum Gasteiger partial charge on any atom is 0.306 e. The van der Waals surface area contributed by atoms with E-state index in [1.54, 1.807) is 0 Å². The van der Waals surface area contributed by atoms with E-state index in [4.69, 9.17) is 14.2 Å². The Bertz CT molecular complexity index is 1090. The third kappa shape index (κ3) is 48.4. The van der Waals surface area contributed by atoms with Crippen LogP contribution in [0.4, 0.5) is 0 Å². The largest absolute Gasteiger partial charge is 0.462 e. The number of allylic oxidation sites excluding steroid dienone is 8. The van der Waals surface area contributed by atoms with Crippen molar-refractivity contribution in [3.05, 3.63) is 48.6 Å². The van der Waals surface area contributed by atoms with Gasteiger partial charge in [-0.25, -0.2) is 0 Å². The zero-order valence-corrected chi connectivity index (χ0v) is 41.1. The number of esters is 3. The standard InChI is InChI=1S/C56H100O6/c1-4-7-10-13-16-19-22-25-27-28-29-30-32-34-37-40-43-46-49-55(58)61-52-53(51-60-54(57)48-45-42-39-36-33-24-21-18-15-12-9-6-3)62-56(59)50-47-44-41-38-35-31-26-23-20-17-14-11-8-5-2/h14,17,19,22-23,26-28,53H,4-13,15-16,18,20-21,24-25,29-52H2,1-3H3/b17-14-,22-19-,26-23-,28-27-. The molecule has 0 N–H and O–H groups in total. The monoisotopic (exact) mass is 869 g/mol. The van der Waals surface area contributed by atoms with Gasteiger partial charge in [0.05, 0.1) is 0 Å². The Kier molecular flexibility index (Phi) is 48.8. The van der Waals surface area contributed by atoms with Crippen molar-refractivity contribution in [2.45, 2.75) is 277 Å². The molecule has 1 atom stereocenters. The van der Waals surface area contributed by atoms with Gasteiger partial charge < -0.3 is 14.2 Å². The summed E-state index contributed by atoms with van der Waals surface area (Å²) in [6.45, 7) is 6.58. The van der Waals surface area contributed by atoms with E-state index in [-0.39, 0.29) is 31.1 Å².